The van der Waals surface area contributed by atoms with Gasteiger partial charge >= 0.3 is 5.97 Å². The van der Waals surface area contributed by atoms with Crippen LogP contribution < -0.4 is 11.1 Å². The van der Waals surface area contributed by atoms with Gasteiger partial charge in [-0.3, -0.25) is 4.79 Å². The van der Waals surface area contributed by atoms with E-state index < -0.39 is 12.0 Å². The Morgan fingerprint density at radius 1 is 1.27 bits per heavy atom. The number of aromatic nitrogens is 1. The number of benzene rings is 1. The molecule has 1 aliphatic rings. The zero-order chi connectivity index (χ0) is 15.5. The third-order valence-electron chi connectivity index (χ3n) is 3.66. The summed E-state index contributed by atoms with van der Waals surface area (Å²) in [5.41, 5.74) is 9.55. The molecule has 2 aromatic rings. The monoisotopic (exact) mass is 295 g/mol. The van der Waals surface area contributed by atoms with E-state index in [0.29, 0.717) is 6.42 Å². The van der Waals surface area contributed by atoms with Crippen LogP contribution in [0, 0.1) is 0 Å². The summed E-state index contributed by atoms with van der Waals surface area (Å²) in [6.45, 7) is 0. The summed E-state index contributed by atoms with van der Waals surface area (Å²) in [4.78, 5) is 14.1. The molecule has 0 spiro atoms. The van der Waals surface area contributed by atoms with E-state index in [1.165, 1.54) is 0 Å². The van der Waals surface area contributed by atoms with Crippen molar-refractivity contribution in [2.75, 3.05) is 0 Å². The quantitative estimate of drug-likeness (QED) is 0.695. The molecule has 5 nitrogen and oxygen atoms in total. The number of nitrogens with one attached hydrogen (secondary N) is 2. The highest BCUT2D eigenvalue weighted by atomic mass is 16.4. The van der Waals surface area contributed by atoms with E-state index in [4.69, 9.17) is 10.8 Å². The summed E-state index contributed by atoms with van der Waals surface area (Å²) in [7, 11) is 0. The van der Waals surface area contributed by atoms with Crippen molar-refractivity contribution in [3.63, 3.8) is 0 Å². The summed E-state index contributed by atoms with van der Waals surface area (Å²) in [6.07, 6.45) is 11.8. The molecule has 0 fully saturated rings. The second kappa shape index (κ2) is 5.91. The summed E-state index contributed by atoms with van der Waals surface area (Å²) in [5, 5.41) is 13.2. The van der Waals surface area contributed by atoms with Gasteiger partial charge in [0.25, 0.3) is 0 Å². The maximum absolute atomic E-state index is 10.9. The molecule has 1 aromatic carbocycles. The van der Waals surface area contributed by atoms with E-state index in [1.54, 1.807) is 0 Å². The minimum atomic E-state index is -0.992. The van der Waals surface area contributed by atoms with Gasteiger partial charge in [0.2, 0.25) is 0 Å². The van der Waals surface area contributed by atoms with Crippen LogP contribution in [0.3, 0.4) is 0 Å². The Morgan fingerprint density at radius 3 is 2.95 bits per heavy atom. The van der Waals surface area contributed by atoms with Crippen LogP contribution in [0.4, 0.5) is 0 Å². The van der Waals surface area contributed by atoms with E-state index in [9.17, 15) is 4.79 Å². The van der Waals surface area contributed by atoms with Crippen LogP contribution in [0.15, 0.2) is 54.9 Å². The average Bonchev–Trinajstić information content (AvgIpc) is 2.74. The predicted octanol–water partition coefficient (Wildman–Crippen LogP) is 2.14. The van der Waals surface area contributed by atoms with E-state index >= 15 is 0 Å². The lowest BCUT2D eigenvalue weighted by molar-refractivity contribution is -0.138. The minimum absolute atomic E-state index is 0.297. The van der Waals surface area contributed by atoms with Gasteiger partial charge in [0.15, 0.2) is 0 Å². The number of fused-ring (bicyclic) bond motifs is 1. The molecule has 5 heteroatoms. The zero-order valence-corrected chi connectivity index (χ0v) is 11.9. The molecule has 5 N–H and O–H groups in total. The van der Waals surface area contributed by atoms with Crippen molar-refractivity contribution < 1.29 is 9.90 Å². The Labute approximate surface area is 127 Å². The smallest absolute Gasteiger partial charge is 0.320 e. The fourth-order valence-corrected chi connectivity index (χ4v) is 2.48. The molecule has 0 saturated carbocycles. The molecule has 1 aromatic heterocycles. The fourth-order valence-electron chi connectivity index (χ4n) is 2.48. The molecule has 3 rings (SSSR count). The van der Waals surface area contributed by atoms with Gasteiger partial charge in [0, 0.05) is 35.4 Å². The highest BCUT2D eigenvalue weighted by molar-refractivity contribution is 5.88. The van der Waals surface area contributed by atoms with E-state index in [1.807, 2.05) is 54.9 Å². The molecule has 0 bridgehead atoms. The average molecular weight is 295 g/mol. The summed E-state index contributed by atoms with van der Waals surface area (Å²) in [6, 6.07) is 5.15. The molecule has 0 aliphatic carbocycles. The third kappa shape index (κ3) is 2.80. The molecule has 0 unspecified atom stereocenters. The molecule has 1 atom stereocenters. The van der Waals surface area contributed by atoms with Crippen LogP contribution in [0.5, 0.6) is 0 Å². The Balaban J connectivity index is 1.98. The molecule has 1 aliphatic heterocycles. The Hall–Kier alpha value is -2.79. The van der Waals surface area contributed by atoms with E-state index in [2.05, 4.69) is 10.3 Å². The van der Waals surface area contributed by atoms with Gasteiger partial charge in [0.1, 0.15) is 6.04 Å². The van der Waals surface area contributed by atoms with Crippen LogP contribution in [-0.4, -0.2) is 22.1 Å². The van der Waals surface area contributed by atoms with Gasteiger partial charge in [-0.15, -0.1) is 0 Å². The van der Waals surface area contributed by atoms with Crippen LogP contribution in [0.2, 0.25) is 0 Å². The first-order chi connectivity index (χ1) is 10.6. The fraction of sp³-hybridized carbons (Fsp3) is 0.118. The van der Waals surface area contributed by atoms with Crippen molar-refractivity contribution in [1.82, 2.24) is 10.3 Å². The van der Waals surface area contributed by atoms with Crippen LogP contribution in [-0.2, 0) is 11.2 Å². The Bertz CT molecular complexity index is 799. The van der Waals surface area contributed by atoms with Crippen molar-refractivity contribution in [3.05, 3.63) is 66.0 Å². The topological polar surface area (TPSA) is 91.1 Å². The highest BCUT2D eigenvalue weighted by Crippen LogP contribution is 2.24. The van der Waals surface area contributed by atoms with Crippen LogP contribution in [0.1, 0.15) is 11.1 Å². The number of nitrogens with two attached hydrogens (primary N) is 1. The number of H-pyrrole nitrogens is 1. The number of hydrogen-bond acceptors (Lipinski definition) is 3. The van der Waals surface area contributed by atoms with Crippen LogP contribution in [0.25, 0.3) is 16.6 Å². The molecule has 0 radical (unpaired) electrons. The largest absolute Gasteiger partial charge is 0.480 e. The maximum atomic E-state index is 10.9. The van der Waals surface area contributed by atoms with Gasteiger partial charge in [-0.25, -0.2) is 0 Å². The minimum Gasteiger partial charge on any atom is -0.480 e. The first-order valence-electron chi connectivity index (χ1n) is 7.04. The third-order valence-corrected chi connectivity index (χ3v) is 3.66. The van der Waals surface area contributed by atoms with Crippen molar-refractivity contribution in [3.8, 4) is 0 Å². The number of aliphatic carboxylic acids is 1. The second-order valence-corrected chi connectivity index (χ2v) is 5.19. The SMILES string of the molecule is N[C@@H](Cc1c[nH]c2ccc(C3=CC=CC=CN3)cc12)C(=O)O. The van der Waals surface area contributed by atoms with E-state index in [0.717, 1.165) is 27.7 Å². The van der Waals surface area contributed by atoms with Crippen molar-refractivity contribution in [2.45, 2.75) is 12.5 Å². The molecule has 2 heterocycles. The lowest BCUT2D eigenvalue weighted by Crippen LogP contribution is -2.32. The number of hydrogen-bond donors (Lipinski definition) is 4. The molecule has 0 amide bonds. The summed E-state index contributed by atoms with van der Waals surface area (Å²) in [5.74, 6) is -0.992. The second-order valence-electron chi connectivity index (χ2n) is 5.19. The number of allylic oxidation sites excluding steroid dienone is 4. The standard InChI is InChI=1S/C17H17N3O2/c18-14(17(21)22)9-12-10-20-16-6-5-11(8-13(12)16)15-4-2-1-3-7-19-15/h1-8,10,14,19-20H,9,18H2,(H,21,22)/t14-/m0/s1. The Morgan fingerprint density at radius 2 is 2.14 bits per heavy atom. The summed E-state index contributed by atoms with van der Waals surface area (Å²) < 4.78 is 0. The number of carbonyl (C=O) groups is 1. The van der Waals surface area contributed by atoms with Crippen molar-refractivity contribution in [2.24, 2.45) is 5.73 Å². The lowest BCUT2D eigenvalue weighted by Gasteiger charge is -2.08. The van der Waals surface area contributed by atoms with Gasteiger partial charge in [-0.05, 0) is 35.4 Å². The first-order valence-corrected chi connectivity index (χ1v) is 7.04. The molecular weight excluding hydrogens is 278 g/mol. The number of carboxylic acids is 1. The molecule has 112 valence electrons. The number of aromatic amines is 1. The molecule has 0 saturated heterocycles. The van der Waals surface area contributed by atoms with Crippen molar-refractivity contribution >= 4 is 22.6 Å². The van der Waals surface area contributed by atoms with Gasteiger partial charge in [-0.1, -0.05) is 18.2 Å². The van der Waals surface area contributed by atoms with Gasteiger partial charge in [-0.2, -0.15) is 0 Å². The summed E-state index contributed by atoms with van der Waals surface area (Å²) >= 11 is 0. The predicted molar refractivity (Wildman–Crippen MR) is 87.0 cm³/mol. The number of rotatable bonds is 4. The zero-order valence-electron chi connectivity index (χ0n) is 11.9. The maximum Gasteiger partial charge on any atom is 0.320 e. The highest BCUT2D eigenvalue weighted by Gasteiger charge is 2.15. The van der Waals surface area contributed by atoms with Crippen LogP contribution >= 0.6 is 0 Å². The Kier molecular flexibility index (Phi) is 3.80. The lowest BCUT2D eigenvalue weighted by atomic mass is 10.0. The molecule has 22 heavy (non-hydrogen) atoms. The normalized spacial score (nSPS) is 15.2. The van der Waals surface area contributed by atoms with Gasteiger partial charge < -0.3 is 21.1 Å². The van der Waals surface area contributed by atoms with Crippen molar-refractivity contribution in [1.29, 1.82) is 0 Å². The molecular formula is C17H17N3O2. The van der Waals surface area contributed by atoms with E-state index in [-0.39, 0.29) is 0 Å². The first kappa shape index (κ1) is 14.2. The number of carboxylic acid groups (broad SMARTS) is 1. The van der Waals surface area contributed by atoms with Gasteiger partial charge in [0.05, 0.1) is 0 Å².